The van der Waals surface area contributed by atoms with E-state index < -0.39 is 30.8 Å². The zero-order chi connectivity index (χ0) is 14.2. The van der Waals surface area contributed by atoms with Gasteiger partial charge in [0, 0.05) is 13.6 Å². The number of alkyl halides is 3. The third kappa shape index (κ3) is 8.76. The lowest BCUT2D eigenvalue weighted by atomic mass is 10.3. The monoisotopic (exact) mass is 271 g/mol. The molecule has 0 aliphatic heterocycles. The van der Waals surface area contributed by atoms with Crippen LogP contribution in [0.1, 0.15) is 6.92 Å². The smallest absolute Gasteiger partial charge is 0.371 e. The Bertz CT molecular complexity index is 284. The van der Waals surface area contributed by atoms with Crippen molar-refractivity contribution in [1.29, 1.82) is 0 Å². The Morgan fingerprint density at radius 2 is 1.94 bits per heavy atom. The van der Waals surface area contributed by atoms with Crippen molar-refractivity contribution in [2.45, 2.75) is 19.1 Å². The van der Waals surface area contributed by atoms with Crippen molar-refractivity contribution in [3.63, 3.8) is 0 Å². The average molecular weight is 271 g/mol. The lowest BCUT2D eigenvalue weighted by Gasteiger charge is -2.13. The number of rotatable bonds is 6. The summed E-state index contributed by atoms with van der Waals surface area (Å²) in [5, 5.41) is 6.83. The molecule has 0 saturated heterocycles. The number of ether oxygens (including phenoxy) is 1. The fourth-order valence-corrected chi connectivity index (χ4v) is 0.911. The van der Waals surface area contributed by atoms with E-state index in [2.05, 4.69) is 15.4 Å². The summed E-state index contributed by atoms with van der Waals surface area (Å²) in [7, 11) is 1.35. The predicted octanol–water partition coefficient (Wildman–Crippen LogP) is -0.00100. The van der Waals surface area contributed by atoms with E-state index in [-0.39, 0.29) is 13.2 Å². The molecule has 0 aromatic rings. The summed E-state index contributed by atoms with van der Waals surface area (Å²) in [6.07, 6.45) is -4.36. The first-order valence-electron chi connectivity index (χ1n) is 5.16. The molecule has 3 amide bonds. The van der Waals surface area contributed by atoms with Crippen LogP contribution >= 0.6 is 0 Å². The van der Waals surface area contributed by atoms with Crippen LogP contribution in [0.5, 0.6) is 0 Å². The summed E-state index contributed by atoms with van der Waals surface area (Å²) in [5.41, 5.74) is 0. The van der Waals surface area contributed by atoms with Gasteiger partial charge in [0.2, 0.25) is 5.91 Å². The lowest BCUT2D eigenvalue weighted by Crippen LogP contribution is -2.48. The van der Waals surface area contributed by atoms with Crippen molar-refractivity contribution in [2.75, 3.05) is 26.8 Å². The number of carbonyl (C=O) groups is 2. The van der Waals surface area contributed by atoms with E-state index >= 15 is 0 Å². The molecule has 0 aromatic heterocycles. The van der Waals surface area contributed by atoms with E-state index in [0.29, 0.717) is 0 Å². The number of hydrogen-bond donors (Lipinski definition) is 3. The number of hydrogen-bond acceptors (Lipinski definition) is 4. The van der Waals surface area contributed by atoms with Crippen LogP contribution in [0.15, 0.2) is 0 Å². The highest BCUT2D eigenvalue weighted by Crippen LogP contribution is 2.13. The fraction of sp³-hybridized carbons (Fsp3) is 0.778. The normalized spacial score (nSPS) is 12.9. The standard InChI is InChI=1S/C9H16F3N3O3/c1-6(7(16)15-8(17)13-2)14-3-4-18-5-9(10,11)12/h6,14H,3-5H2,1-2H3,(H2,13,15,16,17). The first kappa shape index (κ1) is 16.6. The Morgan fingerprint density at radius 1 is 1.33 bits per heavy atom. The second-order valence-electron chi connectivity index (χ2n) is 3.41. The van der Waals surface area contributed by atoms with E-state index in [9.17, 15) is 22.8 Å². The highest BCUT2D eigenvalue weighted by molar-refractivity contribution is 5.96. The molecule has 3 N–H and O–H groups in total. The summed E-state index contributed by atoms with van der Waals surface area (Å²) in [4.78, 5) is 22.1. The largest absolute Gasteiger partial charge is 0.411 e. The van der Waals surface area contributed by atoms with Crippen molar-refractivity contribution in [3.8, 4) is 0 Å². The number of imide groups is 1. The molecule has 1 unspecified atom stereocenters. The molecule has 0 fully saturated rings. The van der Waals surface area contributed by atoms with Crippen LogP contribution in [0.2, 0.25) is 0 Å². The van der Waals surface area contributed by atoms with E-state index in [0.717, 1.165) is 0 Å². The number of nitrogens with one attached hydrogen (secondary N) is 3. The molecule has 0 aromatic carbocycles. The molecule has 6 nitrogen and oxygen atoms in total. The molecule has 9 heteroatoms. The van der Waals surface area contributed by atoms with Gasteiger partial charge in [0.1, 0.15) is 6.61 Å². The zero-order valence-corrected chi connectivity index (χ0v) is 10.1. The van der Waals surface area contributed by atoms with Gasteiger partial charge in [0.25, 0.3) is 0 Å². The number of carbonyl (C=O) groups excluding carboxylic acids is 2. The third-order valence-electron chi connectivity index (χ3n) is 1.82. The Labute approximate surface area is 102 Å². The quantitative estimate of drug-likeness (QED) is 0.594. The topological polar surface area (TPSA) is 79.5 Å². The van der Waals surface area contributed by atoms with Gasteiger partial charge >= 0.3 is 12.2 Å². The molecule has 0 saturated carbocycles. The molecule has 0 bridgehead atoms. The zero-order valence-electron chi connectivity index (χ0n) is 10.1. The van der Waals surface area contributed by atoms with E-state index in [4.69, 9.17) is 0 Å². The summed E-state index contributed by atoms with van der Waals surface area (Å²) < 4.78 is 39.4. The number of urea groups is 1. The van der Waals surface area contributed by atoms with Gasteiger partial charge in [-0.25, -0.2) is 4.79 Å². The Balaban J connectivity index is 3.67. The summed E-state index contributed by atoms with van der Waals surface area (Å²) in [6, 6.07) is -1.36. The molecule has 0 aliphatic carbocycles. The minimum Gasteiger partial charge on any atom is -0.371 e. The lowest BCUT2D eigenvalue weighted by molar-refractivity contribution is -0.173. The summed E-state index contributed by atoms with van der Waals surface area (Å²) >= 11 is 0. The maximum atomic E-state index is 11.7. The van der Waals surface area contributed by atoms with Gasteiger partial charge < -0.3 is 15.4 Å². The molecule has 0 aliphatic rings. The van der Waals surface area contributed by atoms with Crippen LogP contribution < -0.4 is 16.0 Å². The Kier molecular flexibility index (Phi) is 7.29. The van der Waals surface area contributed by atoms with Crippen molar-refractivity contribution in [2.24, 2.45) is 0 Å². The van der Waals surface area contributed by atoms with Crippen LogP contribution in [-0.2, 0) is 9.53 Å². The summed E-state index contributed by atoms with van der Waals surface area (Å²) in [6.45, 7) is 0.0328. The van der Waals surface area contributed by atoms with Crippen molar-refractivity contribution >= 4 is 11.9 Å². The van der Waals surface area contributed by atoms with Crippen LogP contribution in [0.4, 0.5) is 18.0 Å². The Hall–Kier alpha value is -1.35. The van der Waals surface area contributed by atoms with E-state index in [1.165, 1.54) is 14.0 Å². The predicted molar refractivity (Wildman–Crippen MR) is 56.9 cm³/mol. The van der Waals surface area contributed by atoms with Gasteiger partial charge in [-0.1, -0.05) is 0 Å². The van der Waals surface area contributed by atoms with Crippen LogP contribution in [0.3, 0.4) is 0 Å². The molecular formula is C9H16F3N3O3. The molecule has 0 heterocycles. The maximum absolute atomic E-state index is 11.7. The van der Waals surface area contributed by atoms with Crippen molar-refractivity contribution in [3.05, 3.63) is 0 Å². The van der Waals surface area contributed by atoms with Gasteiger partial charge in [0.05, 0.1) is 12.6 Å². The van der Waals surface area contributed by atoms with Crippen molar-refractivity contribution in [1.82, 2.24) is 16.0 Å². The van der Waals surface area contributed by atoms with Gasteiger partial charge in [-0.3, -0.25) is 10.1 Å². The minimum atomic E-state index is -4.36. The van der Waals surface area contributed by atoms with Crippen LogP contribution in [-0.4, -0.2) is 51.0 Å². The molecule has 0 radical (unpaired) electrons. The van der Waals surface area contributed by atoms with Gasteiger partial charge in [-0.05, 0) is 6.92 Å². The minimum absolute atomic E-state index is 0.0679. The second kappa shape index (κ2) is 7.88. The van der Waals surface area contributed by atoms with Crippen LogP contribution in [0, 0.1) is 0 Å². The van der Waals surface area contributed by atoms with E-state index in [1.807, 2.05) is 5.32 Å². The first-order valence-corrected chi connectivity index (χ1v) is 5.16. The molecule has 1 atom stereocenters. The SMILES string of the molecule is CNC(=O)NC(=O)C(C)NCCOCC(F)(F)F. The molecule has 0 rings (SSSR count). The highest BCUT2D eigenvalue weighted by atomic mass is 19.4. The first-order chi connectivity index (χ1) is 8.26. The number of halogens is 3. The molecule has 106 valence electrons. The maximum Gasteiger partial charge on any atom is 0.411 e. The second-order valence-corrected chi connectivity index (χ2v) is 3.41. The van der Waals surface area contributed by atoms with E-state index in [1.54, 1.807) is 0 Å². The highest BCUT2D eigenvalue weighted by Gasteiger charge is 2.27. The third-order valence-corrected chi connectivity index (χ3v) is 1.82. The van der Waals surface area contributed by atoms with Crippen LogP contribution in [0.25, 0.3) is 0 Å². The molecule has 18 heavy (non-hydrogen) atoms. The van der Waals surface area contributed by atoms with Crippen molar-refractivity contribution < 1.29 is 27.5 Å². The van der Waals surface area contributed by atoms with Gasteiger partial charge in [-0.2, -0.15) is 13.2 Å². The average Bonchev–Trinajstić information content (AvgIpc) is 2.26. The molecule has 0 spiro atoms. The number of amides is 3. The fourth-order valence-electron chi connectivity index (χ4n) is 0.911. The summed E-state index contributed by atoms with van der Waals surface area (Å²) in [5.74, 6) is -0.579. The van der Waals surface area contributed by atoms with Gasteiger partial charge in [-0.15, -0.1) is 0 Å². The van der Waals surface area contributed by atoms with Gasteiger partial charge in [0.15, 0.2) is 0 Å². The molecular weight excluding hydrogens is 255 g/mol. The Morgan fingerprint density at radius 3 is 2.44 bits per heavy atom.